The summed E-state index contributed by atoms with van der Waals surface area (Å²) < 4.78 is 6.27. The summed E-state index contributed by atoms with van der Waals surface area (Å²) in [6.45, 7) is 7.23. The minimum atomic E-state index is -0.844. The first-order chi connectivity index (χ1) is 17.5. The summed E-state index contributed by atoms with van der Waals surface area (Å²) in [5.74, 6) is -0.882. The molecule has 1 aliphatic carbocycles. The van der Waals surface area contributed by atoms with E-state index in [1.54, 1.807) is 31.3 Å². The quantitative estimate of drug-likeness (QED) is 0.176. The highest BCUT2D eigenvalue weighted by Gasteiger charge is 2.52. The van der Waals surface area contributed by atoms with Crippen molar-refractivity contribution in [1.82, 2.24) is 0 Å². The Balaban J connectivity index is 1.55. The number of carbonyl (C=O) groups is 2. The van der Waals surface area contributed by atoms with E-state index < -0.39 is 17.6 Å². The fraction of sp³-hybridized carbons (Fsp3) is 0.533. The molecule has 7 heteroatoms. The minimum absolute atomic E-state index is 0.0337. The highest BCUT2D eigenvalue weighted by Crippen LogP contribution is 2.45. The maximum absolute atomic E-state index is 13.1. The summed E-state index contributed by atoms with van der Waals surface area (Å²) >= 11 is 8.18. The van der Waals surface area contributed by atoms with Gasteiger partial charge in [-0.3, -0.25) is 9.59 Å². The number of aliphatic hydroxyl groups is 2. The van der Waals surface area contributed by atoms with Crippen LogP contribution in [0.25, 0.3) is 10.1 Å². The Hall–Kier alpha value is -1.99. The Morgan fingerprint density at radius 2 is 1.97 bits per heavy atom. The number of aliphatic hydroxyl groups excluding tert-OH is 2. The highest BCUT2D eigenvalue weighted by atomic mass is 35.5. The second-order valence-electron chi connectivity index (χ2n) is 10.7. The molecule has 37 heavy (non-hydrogen) atoms. The molecule has 1 saturated carbocycles. The van der Waals surface area contributed by atoms with E-state index >= 15 is 0 Å². The lowest BCUT2D eigenvalue weighted by Gasteiger charge is -2.22. The van der Waals surface area contributed by atoms with Crippen molar-refractivity contribution in [2.75, 3.05) is 0 Å². The van der Waals surface area contributed by atoms with E-state index in [4.69, 9.17) is 16.3 Å². The Morgan fingerprint density at radius 3 is 2.68 bits per heavy atom. The molecule has 0 unspecified atom stereocenters. The third-order valence-corrected chi connectivity index (χ3v) is 8.81. The number of hydrogen-bond donors (Lipinski definition) is 2. The molecule has 0 amide bonds. The number of benzene rings is 1. The first-order valence-corrected chi connectivity index (χ1v) is 14.3. The average Bonchev–Trinajstić information content (AvgIpc) is 3.25. The molecule has 1 aromatic heterocycles. The maximum Gasteiger partial charge on any atom is 0.306 e. The monoisotopic (exact) mass is 546 g/mol. The van der Waals surface area contributed by atoms with E-state index in [1.165, 1.54) is 0 Å². The number of allylic oxidation sites excluding steroid dienone is 2. The number of thiophene rings is 1. The smallest absolute Gasteiger partial charge is 0.306 e. The molecule has 1 aliphatic rings. The van der Waals surface area contributed by atoms with Crippen LogP contribution in [0.5, 0.6) is 0 Å². The molecular weight excluding hydrogens is 508 g/mol. The average molecular weight is 547 g/mol. The lowest BCUT2D eigenvalue weighted by Crippen LogP contribution is -2.31. The molecule has 2 N–H and O–H groups in total. The molecule has 3 rings (SSSR count). The van der Waals surface area contributed by atoms with Crippen LogP contribution in [0, 0.1) is 17.3 Å². The number of aryl methyl sites for hydroxylation is 1. The molecule has 2 aromatic rings. The summed E-state index contributed by atoms with van der Waals surface area (Å²) in [5.41, 5.74) is -0.844. The van der Waals surface area contributed by atoms with Crippen molar-refractivity contribution >= 4 is 44.8 Å². The van der Waals surface area contributed by atoms with E-state index in [0.29, 0.717) is 32.1 Å². The molecule has 0 spiro atoms. The van der Waals surface area contributed by atoms with Crippen LogP contribution >= 0.6 is 22.9 Å². The standard InChI is InChI=1S/C30H39ClO5S/c1-19(2)36-26(33)14-8-6-5-7-11-21-22(29(35)30(3,4)28(21)34)17-15-20(32)16-18-25-27(31)23-12-9-10-13-24(23)37-25/h5,7,9-10,12-13,15,17,19-22,29,32,35H,6,8,11,14,16,18H2,1-4H3/t20-,21+,22-,29-/m0/s1. The second kappa shape index (κ2) is 13.2. The number of halogens is 1. The molecule has 4 atom stereocenters. The number of fused-ring (bicyclic) bond motifs is 1. The van der Waals surface area contributed by atoms with Crippen molar-refractivity contribution in [2.24, 2.45) is 17.3 Å². The summed E-state index contributed by atoms with van der Waals surface area (Å²) in [6.07, 6.45) is 9.30. The van der Waals surface area contributed by atoms with Gasteiger partial charge in [-0.05, 0) is 52.0 Å². The van der Waals surface area contributed by atoms with Gasteiger partial charge in [-0.25, -0.2) is 0 Å². The van der Waals surface area contributed by atoms with Crippen molar-refractivity contribution in [2.45, 2.75) is 84.5 Å². The number of Topliss-reactive ketones (excluding diaryl/α,β-unsaturated/α-hetero) is 1. The molecule has 1 heterocycles. The maximum atomic E-state index is 13.1. The van der Waals surface area contributed by atoms with Crippen LogP contribution in [-0.4, -0.2) is 40.3 Å². The van der Waals surface area contributed by atoms with E-state index in [0.717, 1.165) is 26.4 Å². The van der Waals surface area contributed by atoms with Gasteiger partial charge in [0.05, 0.1) is 28.7 Å². The third kappa shape index (κ3) is 7.53. The van der Waals surface area contributed by atoms with Gasteiger partial charge in [0, 0.05) is 33.2 Å². The zero-order valence-corrected chi connectivity index (χ0v) is 23.7. The van der Waals surface area contributed by atoms with Crippen LogP contribution < -0.4 is 0 Å². The Morgan fingerprint density at radius 1 is 1.24 bits per heavy atom. The van der Waals surface area contributed by atoms with Gasteiger partial charge in [0.1, 0.15) is 5.78 Å². The third-order valence-electron chi connectivity index (χ3n) is 7.04. The van der Waals surface area contributed by atoms with Crippen LogP contribution in [0.3, 0.4) is 0 Å². The van der Waals surface area contributed by atoms with Crippen LogP contribution in [0.15, 0.2) is 48.6 Å². The molecule has 0 aliphatic heterocycles. The fourth-order valence-corrected chi connectivity index (χ4v) is 6.45. The van der Waals surface area contributed by atoms with Crippen molar-refractivity contribution in [3.63, 3.8) is 0 Å². The number of ketones is 1. The molecule has 1 aromatic carbocycles. The zero-order chi connectivity index (χ0) is 27.2. The van der Waals surface area contributed by atoms with Crippen molar-refractivity contribution in [1.29, 1.82) is 0 Å². The van der Waals surface area contributed by atoms with Gasteiger partial charge in [-0.15, -0.1) is 11.3 Å². The number of unbranched alkanes of at least 4 members (excludes halogenated alkanes) is 1. The number of rotatable bonds is 12. The predicted molar refractivity (Wildman–Crippen MR) is 151 cm³/mol. The van der Waals surface area contributed by atoms with Crippen LogP contribution in [0.2, 0.25) is 5.02 Å². The normalized spacial score (nSPS) is 22.6. The zero-order valence-electron chi connectivity index (χ0n) is 22.2. The number of carbonyl (C=O) groups excluding carboxylic acids is 2. The fourth-order valence-electron chi connectivity index (χ4n) is 4.91. The summed E-state index contributed by atoms with van der Waals surface area (Å²) in [4.78, 5) is 25.8. The van der Waals surface area contributed by atoms with Crippen molar-refractivity contribution in [3.8, 4) is 0 Å². The largest absolute Gasteiger partial charge is 0.463 e. The molecule has 1 fully saturated rings. The summed E-state index contributed by atoms with van der Waals surface area (Å²) in [7, 11) is 0. The lowest BCUT2D eigenvalue weighted by molar-refractivity contribution is -0.147. The Bertz CT molecular complexity index is 1130. The van der Waals surface area contributed by atoms with Crippen LogP contribution in [0.4, 0.5) is 0 Å². The second-order valence-corrected chi connectivity index (χ2v) is 12.2. The number of hydrogen-bond acceptors (Lipinski definition) is 6. The van der Waals surface area contributed by atoms with Crippen molar-refractivity contribution in [3.05, 3.63) is 58.5 Å². The first kappa shape index (κ1) is 29.6. The van der Waals surface area contributed by atoms with Gasteiger partial charge in [0.25, 0.3) is 0 Å². The SMILES string of the molecule is CC(C)OC(=O)CCCC=CC[C@H]1C(=O)C(C)(C)[C@@H](O)[C@H]1C=C[C@H](O)CCc1sc2ccccc2c1Cl. The first-order valence-electron chi connectivity index (χ1n) is 13.1. The predicted octanol–water partition coefficient (Wildman–Crippen LogP) is 6.67. The highest BCUT2D eigenvalue weighted by molar-refractivity contribution is 7.19. The number of ether oxygens (including phenoxy) is 1. The van der Waals surface area contributed by atoms with E-state index in [9.17, 15) is 19.8 Å². The summed E-state index contributed by atoms with van der Waals surface area (Å²) in [6, 6.07) is 8.00. The summed E-state index contributed by atoms with van der Waals surface area (Å²) in [5, 5.41) is 23.3. The van der Waals surface area contributed by atoms with E-state index in [2.05, 4.69) is 0 Å². The van der Waals surface area contributed by atoms with Gasteiger partial charge in [-0.1, -0.05) is 68.0 Å². The molecular formula is C30H39ClO5S. The Kier molecular flexibility index (Phi) is 10.5. The van der Waals surface area contributed by atoms with Gasteiger partial charge in [0.15, 0.2) is 0 Å². The Labute approximate surface area is 229 Å². The van der Waals surface area contributed by atoms with Gasteiger partial charge >= 0.3 is 5.97 Å². The minimum Gasteiger partial charge on any atom is -0.463 e. The van der Waals surface area contributed by atoms with Gasteiger partial charge in [0.2, 0.25) is 0 Å². The van der Waals surface area contributed by atoms with E-state index in [-0.39, 0.29) is 29.7 Å². The molecule has 202 valence electrons. The molecule has 0 saturated heterocycles. The van der Waals surface area contributed by atoms with E-state index in [1.807, 2.05) is 56.3 Å². The molecule has 0 radical (unpaired) electrons. The number of esters is 1. The van der Waals surface area contributed by atoms with Crippen LogP contribution in [-0.2, 0) is 20.7 Å². The molecule has 0 bridgehead atoms. The van der Waals surface area contributed by atoms with Crippen LogP contribution in [0.1, 0.15) is 64.7 Å². The topological polar surface area (TPSA) is 83.8 Å². The van der Waals surface area contributed by atoms with Gasteiger partial charge < -0.3 is 14.9 Å². The van der Waals surface area contributed by atoms with Crippen molar-refractivity contribution < 1.29 is 24.5 Å². The van der Waals surface area contributed by atoms with Gasteiger partial charge in [-0.2, -0.15) is 0 Å². The molecule has 5 nitrogen and oxygen atoms in total. The lowest BCUT2D eigenvalue weighted by atomic mass is 9.86.